The summed E-state index contributed by atoms with van der Waals surface area (Å²) in [5.74, 6) is 0.172. The van der Waals surface area contributed by atoms with Crippen LogP contribution in [-0.4, -0.2) is 52.1 Å². The minimum atomic E-state index is -0.804. The minimum Gasteiger partial charge on any atom is -0.374 e. The fourth-order valence-corrected chi connectivity index (χ4v) is 5.53. The molecule has 2 amide bonds. The molecule has 6 heteroatoms. The van der Waals surface area contributed by atoms with Crippen molar-refractivity contribution >= 4 is 11.8 Å². The average molecular weight is 448 g/mol. The van der Waals surface area contributed by atoms with Gasteiger partial charge in [0.2, 0.25) is 5.91 Å². The van der Waals surface area contributed by atoms with Gasteiger partial charge >= 0.3 is 0 Å². The van der Waals surface area contributed by atoms with Gasteiger partial charge in [0.05, 0.1) is 0 Å². The van der Waals surface area contributed by atoms with Gasteiger partial charge in [0, 0.05) is 18.7 Å². The number of carbonyl (C=O) groups excluding carboxylic acids is 2. The van der Waals surface area contributed by atoms with Gasteiger partial charge < -0.3 is 15.3 Å². The number of hydrogen-bond acceptors (Lipinski definition) is 4. The van der Waals surface area contributed by atoms with Crippen LogP contribution in [0.25, 0.3) is 0 Å². The molecule has 174 valence electrons. The van der Waals surface area contributed by atoms with Gasteiger partial charge in [0.15, 0.2) is 0 Å². The van der Waals surface area contributed by atoms with Gasteiger partial charge in [0.1, 0.15) is 12.3 Å². The van der Waals surface area contributed by atoms with Crippen LogP contribution in [0.5, 0.6) is 0 Å². The van der Waals surface area contributed by atoms with Crippen LogP contribution >= 0.6 is 0 Å². The molecular formula is C27H33N3O3. The molecule has 0 aromatic heterocycles. The van der Waals surface area contributed by atoms with Crippen molar-refractivity contribution in [3.8, 4) is 0 Å². The van der Waals surface area contributed by atoms with Crippen LogP contribution in [0.4, 0.5) is 0 Å². The van der Waals surface area contributed by atoms with Crippen LogP contribution < -0.4 is 5.32 Å². The van der Waals surface area contributed by atoms with Crippen molar-refractivity contribution in [2.75, 3.05) is 13.1 Å². The number of rotatable bonds is 4. The van der Waals surface area contributed by atoms with Gasteiger partial charge in [0.25, 0.3) is 5.91 Å². The van der Waals surface area contributed by atoms with Crippen molar-refractivity contribution in [3.63, 3.8) is 0 Å². The normalized spacial score (nSPS) is 24.2. The van der Waals surface area contributed by atoms with Crippen LogP contribution in [0.3, 0.4) is 0 Å². The van der Waals surface area contributed by atoms with E-state index < -0.39 is 12.3 Å². The van der Waals surface area contributed by atoms with E-state index in [1.807, 2.05) is 6.07 Å². The second-order valence-corrected chi connectivity index (χ2v) is 9.94. The van der Waals surface area contributed by atoms with Gasteiger partial charge in [-0.3, -0.25) is 14.5 Å². The largest absolute Gasteiger partial charge is 0.374 e. The molecule has 2 saturated heterocycles. The van der Waals surface area contributed by atoms with Crippen LogP contribution in [0.1, 0.15) is 69.8 Å². The topological polar surface area (TPSA) is 72.9 Å². The number of nitrogens with one attached hydrogen (secondary N) is 1. The first-order chi connectivity index (χ1) is 15.9. The predicted octanol–water partition coefficient (Wildman–Crippen LogP) is 3.24. The van der Waals surface area contributed by atoms with E-state index in [2.05, 4.69) is 54.4 Å². The third-order valence-electron chi connectivity index (χ3n) is 7.70. The number of fused-ring (bicyclic) bond motifs is 1. The fraction of sp³-hybridized carbons (Fsp3) is 0.481. The number of aliphatic hydroxyl groups is 1. The molecule has 33 heavy (non-hydrogen) atoms. The molecule has 2 fully saturated rings. The lowest BCUT2D eigenvalue weighted by molar-refractivity contribution is -0.132. The lowest BCUT2D eigenvalue weighted by atomic mass is 9.87. The first-order valence-electron chi connectivity index (χ1n) is 12.1. The molecule has 2 unspecified atom stereocenters. The Bertz CT molecular complexity index is 1070. The summed E-state index contributed by atoms with van der Waals surface area (Å²) in [6.07, 6.45) is 2.40. The SMILES string of the molecule is Cc1ccc(CN2CCC(c3ccc4c(c3)CN(C3CCC(O)NC3=O)C4=O)CC2)cc1C. The van der Waals surface area contributed by atoms with Crippen molar-refractivity contribution in [3.05, 3.63) is 69.8 Å². The van der Waals surface area contributed by atoms with E-state index in [1.165, 1.54) is 22.3 Å². The molecule has 5 rings (SSSR count). The molecule has 0 saturated carbocycles. The number of aliphatic hydroxyl groups excluding tert-OH is 1. The lowest BCUT2D eigenvalue weighted by Crippen LogP contribution is -2.54. The Morgan fingerprint density at radius 1 is 0.970 bits per heavy atom. The quantitative estimate of drug-likeness (QED) is 0.755. The molecule has 2 N–H and O–H groups in total. The third kappa shape index (κ3) is 4.42. The summed E-state index contributed by atoms with van der Waals surface area (Å²) in [7, 11) is 0. The Kier molecular flexibility index (Phi) is 5.97. The molecule has 0 spiro atoms. The molecule has 2 aromatic carbocycles. The number of nitrogens with zero attached hydrogens (tertiary/aromatic N) is 2. The monoisotopic (exact) mass is 447 g/mol. The number of hydrogen-bond donors (Lipinski definition) is 2. The van der Waals surface area contributed by atoms with E-state index in [0.717, 1.165) is 38.0 Å². The van der Waals surface area contributed by atoms with E-state index in [1.54, 1.807) is 4.90 Å². The number of aryl methyl sites for hydroxylation is 2. The van der Waals surface area contributed by atoms with E-state index in [9.17, 15) is 14.7 Å². The Balaban J connectivity index is 1.22. The third-order valence-corrected chi connectivity index (χ3v) is 7.70. The second kappa shape index (κ2) is 8.92. The maximum absolute atomic E-state index is 12.9. The number of amides is 2. The van der Waals surface area contributed by atoms with E-state index in [-0.39, 0.29) is 11.8 Å². The standard InChI is InChI=1S/C27H33N3O3/c1-17-3-4-19(13-18(17)2)15-29-11-9-20(10-12-29)21-5-6-23-22(14-21)16-30(27(23)33)24-7-8-25(31)28-26(24)32/h3-6,13-14,20,24-25,31H,7-12,15-16H2,1-2H3,(H,28,32). The second-order valence-electron chi connectivity index (χ2n) is 9.94. The minimum absolute atomic E-state index is 0.0729. The van der Waals surface area contributed by atoms with Gasteiger partial charge in [-0.25, -0.2) is 0 Å². The van der Waals surface area contributed by atoms with Crippen molar-refractivity contribution in [2.24, 2.45) is 0 Å². The number of carbonyl (C=O) groups is 2. The highest BCUT2D eigenvalue weighted by Gasteiger charge is 2.39. The number of piperidine rings is 2. The van der Waals surface area contributed by atoms with Crippen LogP contribution in [0, 0.1) is 13.8 Å². The van der Waals surface area contributed by atoms with Crippen molar-refractivity contribution < 1.29 is 14.7 Å². The zero-order chi connectivity index (χ0) is 23.1. The van der Waals surface area contributed by atoms with Crippen LogP contribution in [0.15, 0.2) is 36.4 Å². The molecule has 2 aromatic rings. The first-order valence-corrected chi connectivity index (χ1v) is 12.1. The molecule has 3 aliphatic rings. The lowest BCUT2D eigenvalue weighted by Gasteiger charge is -2.32. The number of benzene rings is 2. The maximum atomic E-state index is 12.9. The summed E-state index contributed by atoms with van der Waals surface area (Å²) < 4.78 is 0. The fourth-order valence-electron chi connectivity index (χ4n) is 5.53. The summed E-state index contributed by atoms with van der Waals surface area (Å²) in [5, 5.41) is 12.2. The summed E-state index contributed by atoms with van der Waals surface area (Å²) in [5.41, 5.74) is 7.11. The molecule has 0 bridgehead atoms. The van der Waals surface area contributed by atoms with E-state index >= 15 is 0 Å². The summed E-state index contributed by atoms with van der Waals surface area (Å²) in [4.78, 5) is 29.5. The summed E-state index contributed by atoms with van der Waals surface area (Å²) in [6.45, 7) is 7.95. The molecule has 2 atom stereocenters. The van der Waals surface area contributed by atoms with Gasteiger partial charge in [-0.1, -0.05) is 30.3 Å². The summed E-state index contributed by atoms with van der Waals surface area (Å²) >= 11 is 0. The Morgan fingerprint density at radius 2 is 1.76 bits per heavy atom. The van der Waals surface area contributed by atoms with Gasteiger partial charge in [-0.2, -0.15) is 0 Å². The van der Waals surface area contributed by atoms with Gasteiger partial charge in [-0.15, -0.1) is 0 Å². The number of likely N-dealkylation sites (tertiary alicyclic amines) is 1. The maximum Gasteiger partial charge on any atom is 0.255 e. The highest BCUT2D eigenvalue weighted by atomic mass is 16.3. The Labute approximate surface area is 195 Å². The average Bonchev–Trinajstić information content (AvgIpc) is 3.12. The predicted molar refractivity (Wildman–Crippen MR) is 127 cm³/mol. The van der Waals surface area contributed by atoms with E-state index in [4.69, 9.17) is 0 Å². The summed E-state index contributed by atoms with van der Waals surface area (Å²) in [6, 6.07) is 12.5. The van der Waals surface area contributed by atoms with Crippen LogP contribution in [-0.2, 0) is 17.9 Å². The smallest absolute Gasteiger partial charge is 0.255 e. The molecule has 3 aliphatic heterocycles. The molecule has 0 radical (unpaired) electrons. The zero-order valence-electron chi connectivity index (χ0n) is 19.5. The Hall–Kier alpha value is -2.70. The van der Waals surface area contributed by atoms with Crippen molar-refractivity contribution in [1.82, 2.24) is 15.1 Å². The molecule has 0 aliphatic carbocycles. The van der Waals surface area contributed by atoms with Crippen LogP contribution in [0.2, 0.25) is 0 Å². The Morgan fingerprint density at radius 3 is 2.48 bits per heavy atom. The van der Waals surface area contributed by atoms with E-state index in [0.29, 0.717) is 30.9 Å². The zero-order valence-corrected chi connectivity index (χ0v) is 19.5. The molecule has 6 nitrogen and oxygen atoms in total. The van der Waals surface area contributed by atoms with Crippen molar-refractivity contribution in [2.45, 2.75) is 70.8 Å². The highest BCUT2D eigenvalue weighted by molar-refractivity contribution is 6.01. The molecule has 3 heterocycles. The van der Waals surface area contributed by atoms with Crippen molar-refractivity contribution in [1.29, 1.82) is 0 Å². The highest BCUT2D eigenvalue weighted by Crippen LogP contribution is 2.34. The first kappa shape index (κ1) is 22.1. The van der Waals surface area contributed by atoms with Gasteiger partial charge in [-0.05, 0) is 92.4 Å². The molecular weight excluding hydrogens is 414 g/mol.